The van der Waals surface area contributed by atoms with Crippen molar-refractivity contribution in [2.24, 2.45) is 5.73 Å². The summed E-state index contributed by atoms with van der Waals surface area (Å²) in [4.78, 5) is 0. The standard InChI is InChI=1S/C9H14N2.ClH/c10-7-8-3-1-5-11-6-2-4-9(8)11;/h2,4,6,8H,1,3,5,7,10H2;1H. The van der Waals surface area contributed by atoms with Crippen molar-refractivity contribution in [2.45, 2.75) is 25.3 Å². The fourth-order valence-electron chi connectivity index (χ4n) is 1.90. The van der Waals surface area contributed by atoms with Gasteiger partial charge in [-0.3, -0.25) is 0 Å². The predicted octanol–water partition coefficient (Wildman–Crippen LogP) is 1.75. The Morgan fingerprint density at radius 3 is 3.17 bits per heavy atom. The first-order valence-corrected chi connectivity index (χ1v) is 4.27. The number of hydrogen-bond donors (Lipinski definition) is 1. The average Bonchev–Trinajstić information content (AvgIpc) is 2.50. The predicted molar refractivity (Wildman–Crippen MR) is 52.7 cm³/mol. The van der Waals surface area contributed by atoms with Crippen LogP contribution in [0.15, 0.2) is 18.3 Å². The summed E-state index contributed by atoms with van der Waals surface area (Å²) in [5.74, 6) is 0.610. The highest BCUT2D eigenvalue weighted by molar-refractivity contribution is 5.85. The van der Waals surface area contributed by atoms with E-state index in [-0.39, 0.29) is 12.4 Å². The lowest BCUT2D eigenvalue weighted by Crippen LogP contribution is -2.20. The first kappa shape index (κ1) is 9.62. The molecule has 2 nitrogen and oxygen atoms in total. The van der Waals surface area contributed by atoms with E-state index in [1.807, 2.05) is 0 Å². The fourth-order valence-corrected chi connectivity index (χ4v) is 1.90. The van der Waals surface area contributed by atoms with Crippen LogP contribution in [-0.4, -0.2) is 11.1 Å². The molecule has 1 unspecified atom stereocenters. The Hall–Kier alpha value is -0.470. The van der Waals surface area contributed by atoms with Crippen molar-refractivity contribution in [1.29, 1.82) is 0 Å². The Kier molecular flexibility index (Phi) is 3.18. The number of halogens is 1. The first-order chi connectivity index (χ1) is 5.42. The maximum Gasteiger partial charge on any atom is 0.0222 e. The minimum atomic E-state index is 0. The molecular formula is C9H15ClN2. The zero-order valence-corrected chi connectivity index (χ0v) is 7.89. The lowest BCUT2D eigenvalue weighted by Gasteiger charge is -2.23. The Morgan fingerprint density at radius 2 is 2.42 bits per heavy atom. The van der Waals surface area contributed by atoms with E-state index in [1.165, 1.54) is 25.1 Å². The highest BCUT2D eigenvalue weighted by atomic mass is 35.5. The van der Waals surface area contributed by atoms with E-state index < -0.39 is 0 Å². The van der Waals surface area contributed by atoms with Crippen molar-refractivity contribution in [1.82, 2.24) is 4.57 Å². The molecule has 0 aliphatic carbocycles. The lowest BCUT2D eigenvalue weighted by atomic mass is 9.96. The molecule has 0 amide bonds. The molecule has 68 valence electrons. The van der Waals surface area contributed by atoms with Crippen LogP contribution in [0.2, 0.25) is 0 Å². The monoisotopic (exact) mass is 186 g/mol. The van der Waals surface area contributed by atoms with Gasteiger partial charge in [0.05, 0.1) is 0 Å². The molecule has 2 heterocycles. The van der Waals surface area contributed by atoms with Gasteiger partial charge < -0.3 is 10.3 Å². The van der Waals surface area contributed by atoms with Crippen molar-refractivity contribution in [3.63, 3.8) is 0 Å². The summed E-state index contributed by atoms with van der Waals surface area (Å²) < 4.78 is 2.32. The van der Waals surface area contributed by atoms with Gasteiger partial charge in [0.1, 0.15) is 0 Å². The highest BCUT2D eigenvalue weighted by Crippen LogP contribution is 2.25. The highest BCUT2D eigenvalue weighted by Gasteiger charge is 2.17. The Labute approximate surface area is 79.2 Å². The molecule has 1 aliphatic rings. The Balaban J connectivity index is 0.000000720. The van der Waals surface area contributed by atoms with Crippen LogP contribution in [0.5, 0.6) is 0 Å². The third-order valence-corrected chi connectivity index (χ3v) is 2.52. The molecular weight excluding hydrogens is 172 g/mol. The van der Waals surface area contributed by atoms with Crippen LogP contribution in [0.3, 0.4) is 0 Å². The van der Waals surface area contributed by atoms with Gasteiger partial charge in [0, 0.05) is 30.9 Å². The van der Waals surface area contributed by atoms with Crippen molar-refractivity contribution < 1.29 is 0 Å². The maximum atomic E-state index is 5.66. The summed E-state index contributed by atoms with van der Waals surface area (Å²) in [5.41, 5.74) is 7.09. The van der Waals surface area contributed by atoms with Gasteiger partial charge in [-0.2, -0.15) is 0 Å². The van der Waals surface area contributed by atoms with E-state index in [0.717, 1.165) is 6.54 Å². The molecule has 1 aromatic rings. The van der Waals surface area contributed by atoms with Gasteiger partial charge in [0.15, 0.2) is 0 Å². The van der Waals surface area contributed by atoms with Gasteiger partial charge in [-0.05, 0) is 25.0 Å². The van der Waals surface area contributed by atoms with Gasteiger partial charge in [-0.15, -0.1) is 12.4 Å². The van der Waals surface area contributed by atoms with E-state index in [9.17, 15) is 0 Å². The van der Waals surface area contributed by atoms with Crippen LogP contribution >= 0.6 is 12.4 Å². The molecule has 0 saturated carbocycles. The van der Waals surface area contributed by atoms with Crippen molar-refractivity contribution in [3.05, 3.63) is 24.0 Å². The molecule has 12 heavy (non-hydrogen) atoms. The summed E-state index contributed by atoms with van der Waals surface area (Å²) >= 11 is 0. The quantitative estimate of drug-likeness (QED) is 0.712. The molecule has 2 N–H and O–H groups in total. The molecule has 0 radical (unpaired) electrons. The Bertz CT molecular complexity index is 244. The first-order valence-electron chi connectivity index (χ1n) is 4.27. The van der Waals surface area contributed by atoms with E-state index in [1.54, 1.807) is 0 Å². The fraction of sp³-hybridized carbons (Fsp3) is 0.556. The van der Waals surface area contributed by atoms with E-state index in [4.69, 9.17) is 5.73 Å². The lowest BCUT2D eigenvalue weighted by molar-refractivity contribution is 0.459. The minimum Gasteiger partial charge on any atom is -0.351 e. The molecule has 3 heteroatoms. The van der Waals surface area contributed by atoms with Crippen LogP contribution < -0.4 is 5.73 Å². The average molecular weight is 187 g/mol. The van der Waals surface area contributed by atoms with Gasteiger partial charge in [-0.25, -0.2) is 0 Å². The maximum absolute atomic E-state index is 5.66. The van der Waals surface area contributed by atoms with Gasteiger partial charge in [0.2, 0.25) is 0 Å². The van der Waals surface area contributed by atoms with Crippen molar-refractivity contribution >= 4 is 12.4 Å². The van der Waals surface area contributed by atoms with E-state index in [2.05, 4.69) is 22.9 Å². The summed E-state index contributed by atoms with van der Waals surface area (Å²) in [6, 6.07) is 4.31. The summed E-state index contributed by atoms with van der Waals surface area (Å²) in [5, 5.41) is 0. The third kappa shape index (κ3) is 1.50. The van der Waals surface area contributed by atoms with E-state index >= 15 is 0 Å². The number of rotatable bonds is 1. The molecule has 0 saturated heterocycles. The number of aromatic nitrogens is 1. The van der Waals surface area contributed by atoms with E-state index in [0.29, 0.717) is 5.92 Å². The summed E-state index contributed by atoms with van der Waals surface area (Å²) in [6.07, 6.45) is 4.70. The molecule has 1 aromatic heterocycles. The molecule has 2 rings (SSSR count). The molecule has 0 bridgehead atoms. The number of nitrogens with two attached hydrogens (primary N) is 1. The minimum absolute atomic E-state index is 0. The van der Waals surface area contributed by atoms with Crippen LogP contribution in [0.4, 0.5) is 0 Å². The van der Waals surface area contributed by atoms with Gasteiger partial charge in [0.25, 0.3) is 0 Å². The second-order valence-corrected chi connectivity index (χ2v) is 3.20. The molecule has 0 fully saturated rings. The summed E-state index contributed by atoms with van der Waals surface area (Å²) in [6.45, 7) is 1.98. The number of hydrogen-bond acceptors (Lipinski definition) is 1. The molecule has 0 spiro atoms. The third-order valence-electron chi connectivity index (χ3n) is 2.52. The largest absolute Gasteiger partial charge is 0.351 e. The number of fused-ring (bicyclic) bond motifs is 1. The zero-order valence-electron chi connectivity index (χ0n) is 7.07. The molecule has 1 atom stereocenters. The summed E-state index contributed by atoms with van der Waals surface area (Å²) in [7, 11) is 0. The zero-order chi connectivity index (χ0) is 7.68. The Morgan fingerprint density at radius 1 is 1.58 bits per heavy atom. The second-order valence-electron chi connectivity index (χ2n) is 3.20. The van der Waals surface area contributed by atoms with Crippen molar-refractivity contribution in [3.8, 4) is 0 Å². The normalized spacial score (nSPS) is 21.2. The van der Waals surface area contributed by atoms with Crippen LogP contribution in [0.25, 0.3) is 0 Å². The number of aryl methyl sites for hydroxylation is 1. The van der Waals surface area contributed by atoms with Crippen LogP contribution in [-0.2, 0) is 6.54 Å². The number of nitrogens with zero attached hydrogens (tertiary/aromatic N) is 1. The van der Waals surface area contributed by atoms with Gasteiger partial charge in [-0.1, -0.05) is 0 Å². The molecule has 1 aliphatic heterocycles. The van der Waals surface area contributed by atoms with Crippen molar-refractivity contribution in [2.75, 3.05) is 6.54 Å². The second kappa shape index (κ2) is 3.97. The van der Waals surface area contributed by atoms with Crippen LogP contribution in [0, 0.1) is 0 Å². The topological polar surface area (TPSA) is 30.9 Å². The SMILES string of the molecule is Cl.NCC1CCCn2cccc21. The van der Waals surface area contributed by atoms with Crippen LogP contribution in [0.1, 0.15) is 24.5 Å². The van der Waals surface area contributed by atoms with Gasteiger partial charge >= 0.3 is 0 Å². The molecule has 0 aromatic carbocycles. The smallest absolute Gasteiger partial charge is 0.0222 e.